The van der Waals surface area contributed by atoms with Gasteiger partial charge >= 0.3 is 11.9 Å². The van der Waals surface area contributed by atoms with Crippen molar-refractivity contribution in [1.29, 1.82) is 0 Å². The average Bonchev–Trinajstić information content (AvgIpc) is 2.13. The second kappa shape index (κ2) is 7.81. The molecule has 0 rings (SSSR count). The zero-order chi connectivity index (χ0) is 11.7. The Bertz CT molecular complexity index is 229. The van der Waals surface area contributed by atoms with Gasteiger partial charge in [0, 0.05) is 6.92 Å². The van der Waals surface area contributed by atoms with E-state index in [9.17, 15) is 9.59 Å². The van der Waals surface area contributed by atoms with Gasteiger partial charge in [-0.3, -0.25) is 14.9 Å². The van der Waals surface area contributed by atoms with Gasteiger partial charge in [0.2, 0.25) is 0 Å². The fraction of sp³-hybridized carbons (Fsp3) is 0.556. The molecule has 0 saturated heterocycles. The minimum Gasteiger partial charge on any atom is -0.487 e. The number of hydrogen-bond donors (Lipinski definition) is 2. The molecule has 0 aliphatic heterocycles. The number of esters is 1. The number of aliphatic carboxylic acids is 1. The summed E-state index contributed by atoms with van der Waals surface area (Å²) in [5.74, 6) is -1.42. The van der Waals surface area contributed by atoms with Crippen LogP contribution in [0, 0.1) is 0 Å². The van der Waals surface area contributed by atoms with E-state index in [1.54, 1.807) is 0 Å². The third kappa shape index (κ3) is 8.76. The van der Waals surface area contributed by atoms with E-state index >= 15 is 0 Å². The minimum absolute atomic E-state index is 0.00212. The minimum atomic E-state index is -0.974. The van der Waals surface area contributed by atoms with E-state index in [1.165, 1.54) is 13.2 Å². The average molecular weight is 217 g/mol. The summed E-state index contributed by atoms with van der Waals surface area (Å²) in [5, 5.41) is 11.3. The summed E-state index contributed by atoms with van der Waals surface area (Å²) < 4.78 is 9.46. The lowest BCUT2D eigenvalue weighted by molar-refractivity contribution is -0.144. The summed E-state index contributed by atoms with van der Waals surface area (Å²) in [6, 6.07) is -0.466. The Hall–Kier alpha value is -1.56. The van der Waals surface area contributed by atoms with Gasteiger partial charge in [-0.1, -0.05) is 6.58 Å². The Kier molecular flexibility index (Phi) is 7.00. The molecule has 0 heterocycles. The second-order valence-electron chi connectivity index (χ2n) is 2.78. The molecule has 1 unspecified atom stereocenters. The molecule has 6 heteroatoms. The maximum atomic E-state index is 10.5. The second-order valence-corrected chi connectivity index (χ2v) is 2.78. The molecular formula is C9H15NO5. The first-order chi connectivity index (χ1) is 7.06. The molecule has 0 spiro atoms. The van der Waals surface area contributed by atoms with Crippen molar-refractivity contribution in [3.8, 4) is 0 Å². The van der Waals surface area contributed by atoms with E-state index in [4.69, 9.17) is 9.84 Å². The highest BCUT2D eigenvalue weighted by molar-refractivity contribution is 5.68. The van der Waals surface area contributed by atoms with Crippen LogP contribution < -0.4 is 5.32 Å². The Labute approximate surface area is 87.9 Å². The summed E-state index contributed by atoms with van der Waals surface area (Å²) in [6.45, 7) is 4.72. The lowest BCUT2D eigenvalue weighted by Crippen LogP contribution is -2.37. The molecule has 0 aromatic rings. The predicted octanol–water partition coefficient (Wildman–Crippen LogP) is 0.1000. The first-order valence-electron chi connectivity index (χ1n) is 4.37. The number of carboxylic acids is 1. The lowest BCUT2D eigenvalue weighted by atomic mass is 10.2. The predicted molar refractivity (Wildman–Crippen MR) is 52.0 cm³/mol. The van der Waals surface area contributed by atoms with Crippen molar-refractivity contribution in [3.05, 3.63) is 12.8 Å². The van der Waals surface area contributed by atoms with E-state index in [-0.39, 0.29) is 19.8 Å². The van der Waals surface area contributed by atoms with Crippen LogP contribution in [0.25, 0.3) is 0 Å². The first-order valence-corrected chi connectivity index (χ1v) is 4.37. The summed E-state index contributed by atoms with van der Waals surface area (Å²) in [5.41, 5.74) is 0. The van der Waals surface area contributed by atoms with Gasteiger partial charge in [0.05, 0.1) is 18.7 Å². The number of ether oxygens (including phenoxy) is 2. The van der Waals surface area contributed by atoms with Crippen molar-refractivity contribution in [2.75, 3.05) is 13.3 Å². The van der Waals surface area contributed by atoms with Crippen LogP contribution in [0.2, 0.25) is 0 Å². The van der Waals surface area contributed by atoms with E-state index in [1.807, 2.05) is 0 Å². The van der Waals surface area contributed by atoms with Crippen molar-refractivity contribution in [3.63, 3.8) is 0 Å². The summed E-state index contributed by atoms with van der Waals surface area (Å²) in [7, 11) is 0. The smallest absolute Gasteiger partial charge is 0.305 e. The first kappa shape index (κ1) is 13.4. The quantitative estimate of drug-likeness (QED) is 0.259. The molecule has 86 valence electrons. The summed E-state index contributed by atoms with van der Waals surface area (Å²) in [6.07, 6.45) is 1.09. The molecule has 0 aromatic carbocycles. The number of carbonyl (C=O) groups excluding carboxylic acids is 1. The standard InChI is InChI=1S/C9H15NO5/c1-3-14-6-10-8(4-9(12)13)5-15-7(2)11/h3,8,10H,1,4-6H2,2H3,(H,12,13). The zero-order valence-electron chi connectivity index (χ0n) is 8.56. The maximum Gasteiger partial charge on any atom is 0.305 e. The van der Waals surface area contributed by atoms with Crippen LogP contribution in [0.4, 0.5) is 0 Å². The van der Waals surface area contributed by atoms with Gasteiger partial charge < -0.3 is 14.6 Å². The van der Waals surface area contributed by atoms with Crippen LogP contribution in [0.3, 0.4) is 0 Å². The van der Waals surface area contributed by atoms with E-state index in [0.717, 1.165) is 0 Å². The third-order valence-corrected chi connectivity index (χ3v) is 1.48. The number of carbonyl (C=O) groups is 2. The van der Waals surface area contributed by atoms with E-state index in [0.29, 0.717) is 0 Å². The number of carboxylic acid groups (broad SMARTS) is 1. The molecule has 6 nitrogen and oxygen atoms in total. The molecule has 1 atom stereocenters. The fourth-order valence-electron chi connectivity index (χ4n) is 0.844. The summed E-state index contributed by atoms with van der Waals surface area (Å²) >= 11 is 0. The molecule has 2 N–H and O–H groups in total. The summed E-state index contributed by atoms with van der Waals surface area (Å²) in [4.78, 5) is 21.0. The number of hydrogen-bond acceptors (Lipinski definition) is 5. The van der Waals surface area contributed by atoms with Crippen LogP contribution >= 0.6 is 0 Å². The van der Waals surface area contributed by atoms with Crippen molar-refractivity contribution < 1.29 is 24.2 Å². The largest absolute Gasteiger partial charge is 0.487 e. The SMILES string of the molecule is C=COCNC(COC(C)=O)CC(=O)O. The maximum absolute atomic E-state index is 10.5. The Morgan fingerprint density at radius 1 is 1.60 bits per heavy atom. The Morgan fingerprint density at radius 3 is 2.73 bits per heavy atom. The molecule has 15 heavy (non-hydrogen) atoms. The molecule has 0 saturated carbocycles. The van der Waals surface area contributed by atoms with Crippen molar-refractivity contribution in [1.82, 2.24) is 5.32 Å². The molecule has 0 radical (unpaired) electrons. The highest BCUT2D eigenvalue weighted by atomic mass is 16.5. The van der Waals surface area contributed by atoms with E-state index < -0.39 is 18.0 Å². The molecule has 0 bridgehead atoms. The van der Waals surface area contributed by atoms with Gasteiger partial charge in [-0.2, -0.15) is 0 Å². The monoisotopic (exact) mass is 217 g/mol. The van der Waals surface area contributed by atoms with Crippen LogP contribution in [0.1, 0.15) is 13.3 Å². The normalized spacial score (nSPS) is 11.5. The van der Waals surface area contributed by atoms with Gasteiger partial charge in [0.25, 0.3) is 0 Å². The Morgan fingerprint density at radius 2 is 2.27 bits per heavy atom. The van der Waals surface area contributed by atoms with Crippen molar-refractivity contribution in [2.45, 2.75) is 19.4 Å². The Balaban J connectivity index is 3.88. The molecular weight excluding hydrogens is 202 g/mol. The van der Waals surface area contributed by atoms with Gasteiger partial charge in [0.1, 0.15) is 13.3 Å². The number of nitrogens with one attached hydrogen (secondary N) is 1. The zero-order valence-corrected chi connectivity index (χ0v) is 8.56. The van der Waals surface area contributed by atoms with Gasteiger partial charge in [-0.25, -0.2) is 0 Å². The molecule has 0 aromatic heterocycles. The van der Waals surface area contributed by atoms with Gasteiger partial charge in [-0.05, 0) is 0 Å². The lowest BCUT2D eigenvalue weighted by Gasteiger charge is -2.15. The van der Waals surface area contributed by atoms with Gasteiger partial charge in [0.15, 0.2) is 0 Å². The van der Waals surface area contributed by atoms with Crippen molar-refractivity contribution >= 4 is 11.9 Å². The van der Waals surface area contributed by atoms with Crippen LogP contribution in [-0.4, -0.2) is 36.4 Å². The van der Waals surface area contributed by atoms with Gasteiger partial charge in [-0.15, -0.1) is 0 Å². The number of rotatable bonds is 8. The van der Waals surface area contributed by atoms with Crippen LogP contribution in [-0.2, 0) is 19.1 Å². The molecule has 0 aliphatic carbocycles. The highest BCUT2D eigenvalue weighted by Crippen LogP contribution is 1.94. The third-order valence-electron chi connectivity index (χ3n) is 1.48. The van der Waals surface area contributed by atoms with Crippen LogP contribution in [0.5, 0.6) is 0 Å². The highest BCUT2D eigenvalue weighted by Gasteiger charge is 2.13. The molecule has 0 amide bonds. The molecule has 0 aliphatic rings. The topological polar surface area (TPSA) is 84.9 Å². The van der Waals surface area contributed by atoms with E-state index in [2.05, 4.69) is 16.6 Å². The van der Waals surface area contributed by atoms with Crippen LogP contribution in [0.15, 0.2) is 12.8 Å². The molecule has 0 fully saturated rings. The fourth-order valence-corrected chi connectivity index (χ4v) is 0.844. The van der Waals surface area contributed by atoms with Crippen molar-refractivity contribution in [2.24, 2.45) is 0 Å².